The van der Waals surface area contributed by atoms with Crippen molar-refractivity contribution in [3.63, 3.8) is 0 Å². The van der Waals surface area contributed by atoms with E-state index in [-0.39, 0.29) is 30.2 Å². The molecule has 2 N–H and O–H groups in total. The van der Waals surface area contributed by atoms with Gasteiger partial charge in [-0.25, -0.2) is 9.59 Å². The predicted octanol–water partition coefficient (Wildman–Crippen LogP) is 3.83. The first-order valence-electron chi connectivity index (χ1n) is 16.4. The number of nitrogens with one attached hydrogen (secondary N) is 1. The number of hydrogen-bond donors (Lipinski definition) is 3. The third-order valence-electron chi connectivity index (χ3n) is 9.85. The summed E-state index contributed by atoms with van der Waals surface area (Å²) >= 11 is 10.8. The van der Waals surface area contributed by atoms with Crippen LogP contribution in [0.25, 0.3) is 0 Å². The quantitative estimate of drug-likeness (QED) is 0.214. The topological polar surface area (TPSA) is 156 Å². The van der Waals surface area contributed by atoms with E-state index in [0.717, 1.165) is 11.1 Å². The summed E-state index contributed by atoms with van der Waals surface area (Å²) in [4.78, 5) is 55.6. The molecular formula is C35H48ClN3O10S. The Morgan fingerprint density at radius 3 is 2.62 bits per heavy atom. The number of rotatable bonds is 7. The number of benzene rings is 1. The zero-order chi connectivity index (χ0) is 37.1. The monoisotopic (exact) mass is 737 g/mol. The first kappa shape index (κ1) is 39.5. The largest absolute Gasteiger partial charge is 0.495 e. The minimum Gasteiger partial charge on any atom is -0.495 e. The predicted molar refractivity (Wildman–Crippen MR) is 189 cm³/mol. The van der Waals surface area contributed by atoms with E-state index in [1.807, 2.05) is 13.0 Å². The number of carbonyl (C=O) groups excluding carboxylic acids is 4. The maximum absolute atomic E-state index is 14.0. The molecule has 4 bridgehead atoms. The lowest BCUT2D eigenvalue weighted by Crippen LogP contribution is -2.63. The lowest BCUT2D eigenvalue weighted by atomic mass is 9.83. The molecular weight excluding hydrogens is 690 g/mol. The van der Waals surface area contributed by atoms with Gasteiger partial charge in [-0.1, -0.05) is 42.3 Å². The van der Waals surface area contributed by atoms with E-state index in [1.54, 1.807) is 45.2 Å². The van der Waals surface area contributed by atoms with E-state index in [1.165, 1.54) is 38.0 Å². The van der Waals surface area contributed by atoms with E-state index >= 15 is 0 Å². The van der Waals surface area contributed by atoms with Crippen LogP contribution in [0.15, 0.2) is 35.9 Å². The van der Waals surface area contributed by atoms with Gasteiger partial charge in [0, 0.05) is 40.0 Å². The van der Waals surface area contributed by atoms with Crippen molar-refractivity contribution in [3.8, 4) is 5.75 Å². The van der Waals surface area contributed by atoms with Gasteiger partial charge in [-0.2, -0.15) is 12.6 Å². The number of hydrogen-bond acceptors (Lipinski definition) is 11. The number of allylic oxidation sites excluding steroid dienone is 3. The zero-order valence-corrected chi connectivity index (χ0v) is 31.4. The number of esters is 1. The van der Waals surface area contributed by atoms with Gasteiger partial charge in [-0.15, -0.1) is 0 Å². The SMILES string of the molecule is COc1cc2cc(c1Cl)N(C)C(=O)C[C@H](OC(=O)[C@H](C)N(C)C(=O)CCS)[C@]1(C)O[C@H]1[C@H](C)[C@@H]1C[C@@](O)(NC(=O)O1)[C@H](OC)/C=C/C=C(/C)C2. The summed E-state index contributed by atoms with van der Waals surface area (Å²) in [6, 6.07) is 2.60. The first-order chi connectivity index (χ1) is 23.5. The smallest absolute Gasteiger partial charge is 0.409 e. The molecule has 0 unspecified atom stereocenters. The zero-order valence-electron chi connectivity index (χ0n) is 29.7. The molecule has 2 fully saturated rings. The number of amides is 3. The molecule has 8 atom stereocenters. The van der Waals surface area contributed by atoms with Gasteiger partial charge in [0.2, 0.25) is 11.8 Å². The number of fused-ring (bicyclic) bond motifs is 5. The van der Waals surface area contributed by atoms with E-state index < -0.39 is 65.7 Å². The molecule has 15 heteroatoms. The van der Waals surface area contributed by atoms with E-state index in [0.29, 0.717) is 23.6 Å². The normalized spacial score (nSPS) is 32.3. The molecule has 0 aliphatic carbocycles. The maximum atomic E-state index is 14.0. The fourth-order valence-corrected chi connectivity index (χ4v) is 6.99. The molecule has 3 aliphatic rings. The van der Waals surface area contributed by atoms with Gasteiger partial charge < -0.3 is 38.6 Å². The number of anilines is 1. The number of aliphatic hydroxyl groups is 1. The standard InChI is InChI=1S/C35H48ClN3O10S/c1-19-10-9-11-26(46-8)35(44)18-25(47-33(43)37-35)20(2)31-34(4,49-31)27(48-32(42)21(3)38(5)28(40)12-13-50)17-29(41)39(6)23-15-22(14-19)16-24(45-7)30(23)36/h9-11,15-16,20-21,25-27,31,44,50H,12-14,17-18H2,1-8H3,(H,37,43)/b11-9+,19-10-/t20-,21+,25+,26-,27+,31+,34+,35+/m1/s1. The molecule has 13 nitrogen and oxygen atoms in total. The van der Waals surface area contributed by atoms with Crippen LogP contribution in [-0.2, 0) is 39.8 Å². The molecule has 276 valence electrons. The van der Waals surface area contributed by atoms with Crippen molar-refractivity contribution < 1.29 is 48.0 Å². The Morgan fingerprint density at radius 1 is 1.28 bits per heavy atom. The summed E-state index contributed by atoms with van der Waals surface area (Å²) in [5.41, 5.74) is -0.903. The number of alkyl carbamates (subject to hydrolysis) is 1. The molecule has 1 aromatic carbocycles. The molecule has 0 aromatic heterocycles. The van der Waals surface area contributed by atoms with Crippen molar-refractivity contribution in [2.75, 3.05) is 39.0 Å². The highest BCUT2D eigenvalue weighted by Crippen LogP contribution is 2.49. The second-order valence-electron chi connectivity index (χ2n) is 13.4. The minimum absolute atomic E-state index is 0.0489. The van der Waals surface area contributed by atoms with Crippen molar-refractivity contribution in [2.24, 2.45) is 5.92 Å². The van der Waals surface area contributed by atoms with Gasteiger partial charge >= 0.3 is 12.1 Å². The molecule has 3 aliphatic heterocycles. The highest BCUT2D eigenvalue weighted by Gasteiger charge is 2.64. The molecule has 0 spiro atoms. The lowest BCUT2D eigenvalue weighted by molar-refractivity contribution is -0.161. The molecule has 3 heterocycles. The minimum atomic E-state index is -1.82. The van der Waals surface area contributed by atoms with Crippen LogP contribution in [-0.4, -0.2) is 110 Å². The number of halogens is 1. The van der Waals surface area contributed by atoms with Crippen LogP contribution in [0.2, 0.25) is 5.02 Å². The number of likely N-dealkylation sites (N-methyl/N-ethyl adjacent to an activating group) is 1. The first-order valence-corrected chi connectivity index (χ1v) is 17.5. The highest BCUT2D eigenvalue weighted by atomic mass is 35.5. The molecule has 4 rings (SSSR count). The van der Waals surface area contributed by atoms with Gasteiger partial charge in [0.1, 0.15) is 40.7 Å². The van der Waals surface area contributed by atoms with Crippen molar-refractivity contribution in [2.45, 2.75) is 95.2 Å². The third kappa shape index (κ3) is 8.42. The average Bonchev–Trinajstić information content (AvgIpc) is 3.76. The van der Waals surface area contributed by atoms with Crippen molar-refractivity contribution >= 4 is 53.8 Å². The third-order valence-corrected chi connectivity index (χ3v) is 10.5. The van der Waals surface area contributed by atoms with Crippen LogP contribution in [0, 0.1) is 5.92 Å². The van der Waals surface area contributed by atoms with Gasteiger partial charge in [0.25, 0.3) is 0 Å². The summed E-state index contributed by atoms with van der Waals surface area (Å²) < 4.78 is 29.0. The second-order valence-corrected chi connectivity index (χ2v) is 14.2. The van der Waals surface area contributed by atoms with Crippen LogP contribution >= 0.6 is 24.2 Å². The molecule has 3 amide bonds. The lowest BCUT2D eigenvalue weighted by Gasteiger charge is -2.42. The van der Waals surface area contributed by atoms with E-state index in [2.05, 4.69) is 17.9 Å². The Bertz CT molecular complexity index is 1540. The summed E-state index contributed by atoms with van der Waals surface area (Å²) in [5.74, 6) is -1.30. The van der Waals surface area contributed by atoms with Gasteiger partial charge in [0.05, 0.1) is 25.3 Å². The van der Waals surface area contributed by atoms with Gasteiger partial charge in [-0.05, 0) is 50.6 Å². The second kappa shape index (κ2) is 15.9. The Morgan fingerprint density at radius 2 is 1.98 bits per heavy atom. The number of nitrogens with zero attached hydrogens (tertiary/aromatic N) is 2. The molecule has 2 saturated heterocycles. The fourth-order valence-electron chi connectivity index (χ4n) is 6.49. The summed E-state index contributed by atoms with van der Waals surface area (Å²) in [7, 11) is 5.98. The highest BCUT2D eigenvalue weighted by molar-refractivity contribution is 7.80. The van der Waals surface area contributed by atoms with Gasteiger partial charge in [-0.3, -0.25) is 14.9 Å². The molecule has 50 heavy (non-hydrogen) atoms. The Balaban J connectivity index is 1.78. The van der Waals surface area contributed by atoms with E-state index in [4.69, 9.17) is 35.3 Å². The number of carbonyl (C=O) groups is 4. The van der Waals surface area contributed by atoms with Crippen LogP contribution in [0.5, 0.6) is 5.75 Å². The number of ether oxygens (including phenoxy) is 5. The van der Waals surface area contributed by atoms with Gasteiger partial charge in [0.15, 0.2) is 5.72 Å². The van der Waals surface area contributed by atoms with Crippen LogP contribution in [0.3, 0.4) is 0 Å². The average molecular weight is 738 g/mol. The summed E-state index contributed by atoms with van der Waals surface area (Å²) in [6.07, 6.45) is 1.08. The van der Waals surface area contributed by atoms with Crippen LogP contribution < -0.4 is 15.0 Å². The number of epoxide rings is 1. The van der Waals surface area contributed by atoms with Crippen LogP contribution in [0.4, 0.5) is 10.5 Å². The van der Waals surface area contributed by atoms with Crippen LogP contribution in [0.1, 0.15) is 52.5 Å². The Kier molecular flexibility index (Phi) is 12.6. The van der Waals surface area contributed by atoms with E-state index in [9.17, 15) is 24.3 Å². The fraction of sp³-hybridized carbons (Fsp3) is 0.600. The molecule has 0 saturated carbocycles. The summed E-state index contributed by atoms with van der Waals surface area (Å²) in [6.45, 7) is 6.96. The number of thiol groups is 1. The maximum Gasteiger partial charge on any atom is 0.409 e. The van der Waals surface area contributed by atoms with Crippen molar-refractivity contribution in [3.05, 3.63) is 46.5 Å². The number of methoxy groups -OCH3 is 2. The summed E-state index contributed by atoms with van der Waals surface area (Å²) in [5, 5.41) is 14.4. The Hall–Kier alpha value is -3.30. The van der Waals surface area contributed by atoms with Crippen molar-refractivity contribution in [1.29, 1.82) is 0 Å². The van der Waals surface area contributed by atoms with Crippen molar-refractivity contribution in [1.82, 2.24) is 10.2 Å². The Labute approximate surface area is 303 Å². The molecule has 0 radical (unpaired) electrons. The molecule has 1 aromatic rings.